The number of carbonyl (C=O) groups is 2. The summed E-state index contributed by atoms with van der Waals surface area (Å²) in [6.07, 6.45) is 3.61. The van der Waals surface area contributed by atoms with Gasteiger partial charge in [-0.3, -0.25) is 0 Å². The van der Waals surface area contributed by atoms with Crippen molar-refractivity contribution in [2.24, 2.45) is 5.92 Å². The zero-order valence-corrected chi connectivity index (χ0v) is 13.8. The molecule has 0 aliphatic carbocycles. The quantitative estimate of drug-likeness (QED) is 0.632. The largest absolute Gasteiger partial charge is 0.490 e. The normalized spacial score (nSPS) is 17.5. The molecule has 1 aliphatic heterocycles. The monoisotopic (exact) mass is 341 g/mol. The van der Waals surface area contributed by atoms with Gasteiger partial charge in [0.15, 0.2) is 11.6 Å². The number of piperidine rings is 1. The Morgan fingerprint density at radius 2 is 1.96 bits per heavy atom. The van der Waals surface area contributed by atoms with Crippen LogP contribution in [0.2, 0.25) is 0 Å². The molecule has 1 aliphatic rings. The van der Waals surface area contributed by atoms with Crippen LogP contribution in [0.15, 0.2) is 24.3 Å². The summed E-state index contributed by atoms with van der Waals surface area (Å²) in [5, 5.41) is 14.8. The topological polar surface area (TPSA) is 87.1 Å². The van der Waals surface area contributed by atoms with Crippen molar-refractivity contribution >= 4 is 11.9 Å². The number of aliphatic carboxylic acids is 2. The Morgan fingerprint density at radius 1 is 1.29 bits per heavy atom. The lowest BCUT2D eigenvalue weighted by Gasteiger charge is -2.30. The molecule has 1 heterocycles. The molecule has 2 rings (SSSR count). The first kappa shape index (κ1) is 19.9. The summed E-state index contributed by atoms with van der Waals surface area (Å²) in [5.41, 5.74) is 0. The van der Waals surface area contributed by atoms with Crippen LogP contribution in [0.5, 0.6) is 5.75 Å². The maximum Gasteiger partial charge on any atom is 0.414 e. The summed E-state index contributed by atoms with van der Waals surface area (Å²) in [5.74, 6) is -2.75. The molecule has 0 radical (unpaired) electrons. The van der Waals surface area contributed by atoms with Crippen LogP contribution >= 0.6 is 0 Å². The van der Waals surface area contributed by atoms with E-state index in [1.165, 1.54) is 32.0 Å². The fourth-order valence-electron chi connectivity index (χ4n) is 2.52. The molecule has 0 aromatic heterocycles. The van der Waals surface area contributed by atoms with Crippen molar-refractivity contribution in [3.63, 3.8) is 0 Å². The number of likely N-dealkylation sites (tertiary alicyclic amines) is 1. The number of halogens is 1. The van der Waals surface area contributed by atoms with Crippen molar-refractivity contribution in [1.29, 1.82) is 0 Å². The molecule has 1 saturated heterocycles. The number of para-hydroxylation sites is 1. The minimum atomic E-state index is -1.82. The van der Waals surface area contributed by atoms with E-state index in [4.69, 9.17) is 24.5 Å². The summed E-state index contributed by atoms with van der Waals surface area (Å²) in [6.45, 7) is 6.34. The van der Waals surface area contributed by atoms with E-state index in [-0.39, 0.29) is 5.82 Å². The van der Waals surface area contributed by atoms with Gasteiger partial charge in [0.1, 0.15) is 0 Å². The molecule has 134 valence electrons. The van der Waals surface area contributed by atoms with Gasteiger partial charge in [-0.1, -0.05) is 19.1 Å². The number of hydrogen-bond donors (Lipinski definition) is 2. The molecule has 0 spiro atoms. The van der Waals surface area contributed by atoms with E-state index in [0.29, 0.717) is 12.4 Å². The van der Waals surface area contributed by atoms with Crippen molar-refractivity contribution in [3.05, 3.63) is 30.1 Å². The number of carboxylic acids is 2. The van der Waals surface area contributed by atoms with E-state index < -0.39 is 11.9 Å². The standard InChI is InChI=1S/C15H22FNO.C2H2O4/c1-13-6-4-9-17(12-13)10-5-11-18-15-8-3-2-7-14(15)16;3-1(4)2(5)6/h2-3,7-8,13H,4-6,9-12H2,1H3;(H,3,4)(H,5,6). The van der Waals surface area contributed by atoms with Crippen LogP contribution in [0.4, 0.5) is 4.39 Å². The Bertz CT molecular complexity index is 525. The van der Waals surface area contributed by atoms with Crippen LogP contribution in [0.3, 0.4) is 0 Å². The number of hydrogen-bond acceptors (Lipinski definition) is 4. The molecule has 7 heteroatoms. The summed E-state index contributed by atoms with van der Waals surface area (Å²) in [7, 11) is 0. The molecule has 1 atom stereocenters. The first-order valence-electron chi connectivity index (χ1n) is 7.96. The lowest BCUT2D eigenvalue weighted by molar-refractivity contribution is -0.159. The molecule has 24 heavy (non-hydrogen) atoms. The van der Waals surface area contributed by atoms with E-state index in [1.807, 2.05) is 0 Å². The van der Waals surface area contributed by atoms with Gasteiger partial charge in [-0.25, -0.2) is 14.0 Å². The van der Waals surface area contributed by atoms with Gasteiger partial charge in [-0.2, -0.15) is 0 Å². The van der Waals surface area contributed by atoms with E-state index in [0.717, 1.165) is 18.9 Å². The Labute approximate surface area is 140 Å². The number of nitrogens with zero attached hydrogens (tertiary/aromatic N) is 1. The van der Waals surface area contributed by atoms with Gasteiger partial charge in [0.2, 0.25) is 0 Å². The lowest BCUT2D eigenvalue weighted by Crippen LogP contribution is -2.35. The molecule has 2 N–H and O–H groups in total. The van der Waals surface area contributed by atoms with Gasteiger partial charge in [0.25, 0.3) is 0 Å². The van der Waals surface area contributed by atoms with Crippen LogP contribution < -0.4 is 4.74 Å². The van der Waals surface area contributed by atoms with Gasteiger partial charge in [0.05, 0.1) is 6.61 Å². The third-order valence-corrected chi connectivity index (χ3v) is 3.64. The smallest absolute Gasteiger partial charge is 0.414 e. The molecule has 1 aromatic rings. The van der Waals surface area contributed by atoms with Crippen molar-refractivity contribution in [2.45, 2.75) is 26.2 Å². The van der Waals surface area contributed by atoms with E-state index in [2.05, 4.69) is 11.8 Å². The first-order chi connectivity index (χ1) is 11.4. The van der Waals surface area contributed by atoms with Gasteiger partial charge in [-0.15, -0.1) is 0 Å². The van der Waals surface area contributed by atoms with Gasteiger partial charge in [-0.05, 0) is 43.9 Å². The Kier molecular flexibility index (Phi) is 8.78. The summed E-state index contributed by atoms with van der Waals surface area (Å²) < 4.78 is 18.7. The number of ether oxygens (including phenoxy) is 1. The number of benzene rings is 1. The number of rotatable bonds is 5. The first-order valence-corrected chi connectivity index (χ1v) is 7.96. The maximum atomic E-state index is 13.3. The predicted molar refractivity (Wildman–Crippen MR) is 86.6 cm³/mol. The molecule has 0 bridgehead atoms. The maximum absolute atomic E-state index is 13.3. The molecule has 1 fully saturated rings. The Hall–Kier alpha value is -2.15. The molecule has 0 saturated carbocycles. The average molecular weight is 341 g/mol. The SMILES string of the molecule is CC1CCCN(CCCOc2ccccc2F)C1.O=C(O)C(=O)O. The molecule has 1 aromatic carbocycles. The van der Waals surface area contributed by atoms with Crippen LogP contribution in [0.25, 0.3) is 0 Å². The van der Waals surface area contributed by atoms with Gasteiger partial charge < -0.3 is 19.8 Å². The fourth-order valence-corrected chi connectivity index (χ4v) is 2.52. The minimum Gasteiger partial charge on any atom is -0.490 e. The van der Waals surface area contributed by atoms with E-state index in [9.17, 15) is 4.39 Å². The van der Waals surface area contributed by atoms with E-state index in [1.54, 1.807) is 18.2 Å². The summed E-state index contributed by atoms with van der Waals surface area (Å²) in [6, 6.07) is 6.59. The third-order valence-electron chi connectivity index (χ3n) is 3.64. The molecular weight excluding hydrogens is 317 g/mol. The Balaban J connectivity index is 0.000000413. The molecule has 1 unspecified atom stereocenters. The average Bonchev–Trinajstić information content (AvgIpc) is 2.54. The van der Waals surface area contributed by atoms with Crippen LogP contribution in [-0.2, 0) is 9.59 Å². The highest BCUT2D eigenvalue weighted by Gasteiger charge is 2.15. The summed E-state index contributed by atoms with van der Waals surface area (Å²) in [4.78, 5) is 20.7. The Morgan fingerprint density at radius 3 is 2.54 bits per heavy atom. The number of carboxylic acid groups (broad SMARTS) is 2. The van der Waals surface area contributed by atoms with Crippen LogP contribution in [0, 0.1) is 11.7 Å². The minimum absolute atomic E-state index is 0.274. The van der Waals surface area contributed by atoms with Crippen LogP contribution in [-0.4, -0.2) is 53.3 Å². The zero-order chi connectivity index (χ0) is 17.9. The van der Waals surface area contributed by atoms with Crippen molar-refractivity contribution < 1.29 is 28.9 Å². The van der Waals surface area contributed by atoms with Crippen molar-refractivity contribution in [3.8, 4) is 5.75 Å². The second-order valence-electron chi connectivity index (χ2n) is 5.79. The second kappa shape index (κ2) is 10.6. The van der Waals surface area contributed by atoms with Gasteiger partial charge >= 0.3 is 11.9 Å². The molecule has 6 nitrogen and oxygen atoms in total. The van der Waals surface area contributed by atoms with Crippen LogP contribution in [0.1, 0.15) is 26.2 Å². The summed E-state index contributed by atoms with van der Waals surface area (Å²) >= 11 is 0. The second-order valence-corrected chi connectivity index (χ2v) is 5.79. The van der Waals surface area contributed by atoms with Gasteiger partial charge in [0, 0.05) is 13.1 Å². The molecule has 0 amide bonds. The highest BCUT2D eigenvalue weighted by atomic mass is 19.1. The van der Waals surface area contributed by atoms with Crippen molar-refractivity contribution in [1.82, 2.24) is 4.90 Å². The fraction of sp³-hybridized carbons (Fsp3) is 0.529. The molecular formula is C17H24FNO5. The third kappa shape index (κ3) is 7.92. The predicted octanol–water partition coefficient (Wildman–Crippen LogP) is 2.48. The highest BCUT2D eigenvalue weighted by molar-refractivity contribution is 6.27. The lowest BCUT2D eigenvalue weighted by atomic mass is 10.0. The highest BCUT2D eigenvalue weighted by Crippen LogP contribution is 2.17. The zero-order valence-electron chi connectivity index (χ0n) is 13.8. The van der Waals surface area contributed by atoms with Crippen molar-refractivity contribution in [2.75, 3.05) is 26.2 Å². The van der Waals surface area contributed by atoms with E-state index >= 15 is 0 Å².